The summed E-state index contributed by atoms with van der Waals surface area (Å²) in [4.78, 5) is 29.1. The van der Waals surface area contributed by atoms with Crippen molar-refractivity contribution in [2.45, 2.75) is 75.9 Å². The van der Waals surface area contributed by atoms with Gasteiger partial charge < -0.3 is 10.2 Å². The Morgan fingerprint density at radius 1 is 0.951 bits per heavy atom. The average molecular weight is 580 g/mol. The van der Waals surface area contributed by atoms with E-state index in [1.807, 2.05) is 38.1 Å². The van der Waals surface area contributed by atoms with Crippen LogP contribution in [0.5, 0.6) is 0 Å². The number of halogens is 1. The molecule has 0 saturated heterocycles. The van der Waals surface area contributed by atoms with E-state index in [2.05, 4.69) is 5.32 Å². The SMILES string of the molecule is CC[C@@H](C(=O)NC1CCCCC1)N(Cc1cccc(C)c1)C(=O)CN(c1ccccc1F)S(=O)(=O)c1ccccc1. The van der Waals surface area contributed by atoms with Gasteiger partial charge in [-0.3, -0.25) is 13.9 Å². The molecule has 1 fully saturated rings. The second kappa shape index (κ2) is 13.8. The summed E-state index contributed by atoms with van der Waals surface area (Å²) in [6.07, 6.45) is 5.35. The van der Waals surface area contributed by atoms with Crippen molar-refractivity contribution >= 4 is 27.5 Å². The van der Waals surface area contributed by atoms with Gasteiger partial charge in [0, 0.05) is 12.6 Å². The van der Waals surface area contributed by atoms with Crippen LogP contribution in [-0.4, -0.2) is 43.8 Å². The summed E-state index contributed by atoms with van der Waals surface area (Å²) < 4.78 is 43.4. The van der Waals surface area contributed by atoms with Gasteiger partial charge in [-0.25, -0.2) is 12.8 Å². The van der Waals surface area contributed by atoms with Crippen LogP contribution in [0.2, 0.25) is 0 Å². The highest BCUT2D eigenvalue weighted by Gasteiger charge is 2.35. The molecule has 3 aromatic rings. The Labute approximate surface area is 242 Å². The van der Waals surface area contributed by atoms with Gasteiger partial charge in [0.05, 0.1) is 10.6 Å². The van der Waals surface area contributed by atoms with Crippen LogP contribution in [0.3, 0.4) is 0 Å². The minimum absolute atomic E-state index is 0.0505. The van der Waals surface area contributed by atoms with Gasteiger partial charge in [-0.1, -0.05) is 86.3 Å². The van der Waals surface area contributed by atoms with Crippen LogP contribution in [-0.2, 0) is 26.2 Å². The summed E-state index contributed by atoms with van der Waals surface area (Å²) in [5.74, 6) is -1.63. The van der Waals surface area contributed by atoms with Crippen LogP contribution >= 0.6 is 0 Å². The third-order valence-corrected chi connectivity index (χ3v) is 9.28. The third-order valence-electron chi connectivity index (χ3n) is 7.50. The molecule has 41 heavy (non-hydrogen) atoms. The zero-order chi connectivity index (χ0) is 29.4. The first kappa shape index (κ1) is 30.2. The number of benzene rings is 3. The smallest absolute Gasteiger partial charge is 0.264 e. The van der Waals surface area contributed by atoms with Crippen LogP contribution in [0, 0.1) is 12.7 Å². The van der Waals surface area contributed by atoms with Crippen LogP contribution in [0.15, 0.2) is 83.8 Å². The van der Waals surface area contributed by atoms with Crippen molar-refractivity contribution in [2.24, 2.45) is 0 Å². The topological polar surface area (TPSA) is 86.8 Å². The van der Waals surface area contributed by atoms with E-state index in [4.69, 9.17) is 0 Å². The fourth-order valence-corrected chi connectivity index (χ4v) is 6.80. The lowest BCUT2D eigenvalue weighted by atomic mass is 9.95. The molecule has 0 spiro atoms. The number of hydrogen-bond donors (Lipinski definition) is 1. The van der Waals surface area contributed by atoms with E-state index in [9.17, 15) is 18.0 Å². The highest BCUT2D eigenvalue weighted by molar-refractivity contribution is 7.92. The number of carbonyl (C=O) groups excluding carboxylic acids is 2. The summed E-state index contributed by atoms with van der Waals surface area (Å²) >= 11 is 0. The summed E-state index contributed by atoms with van der Waals surface area (Å²) in [5.41, 5.74) is 1.57. The zero-order valence-corrected chi connectivity index (χ0v) is 24.4. The predicted octanol–water partition coefficient (Wildman–Crippen LogP) is 5.59. The number of para-hydroxylation sites is 1. The Morgan fingerprint density at radius 3 is 2.29 bits per heavy atom. The molecule has 9 heteroatoms. The maximum Gasteiger partial charge on any atom is 0.264 e. The van der Waals surface area contributed by atoms with E-state index in [1.54, 1.807) is 18.2 Å². The standard InChI is InChI=1S/C32H38FN3O4S/c1-3-29(32(38)34-26-15-6-4-7-16-26)35(22-25-14-12-13-24(2)21-25)31(37)23-36(30-20-11-10-19-28(30)33)41(39,40)27-17-8-5-9-18-27/h5,8-14,17-21,26,29H,3-4,6-7,15-16,22-23H2,1-2H3,(H,34,38)/t29-/m0/s1. The monoisotopic (exact) mass is 579 g/mol. The molecule has 0 radical (unpaired) electrons. The average Bonchev–Trinajstić information content (AvgIpc) is 2.97. The molecular weight excluding hydrogens is 541 g/mol. The molecule has 2 amide bonds. The van der Waals surface area contributed by atoms with Crippen LogP contribution in [0.4, 0.5) is 10.1 Å². The lowest BCUT2D eigenvalue weighted by Gasteiger charge is -2.34. The van der Waals surface area contributed by atoms with Gasteiger partial charge in [0.15, 0.2) is 0 Å². The van der Waals surface area contributed by atoms with Gasteiger partial charge in [-0.2, -0.15) is 0 Å². The number of anilines is 1. The van der Waals surface area contributed by atoms with E-state index in [-0.39, 0.29) is 29.1 Å². The molecule has 1 saturated carbocycles. The molecule has 218 valence electrons. The number of nitrogens with one attached hydrogen (secondary N) is 1. The lowest BCUT2D eigenvalue weighted by Crippen LogP contribution is -2.54. The molecule has 0 bridgehead atoms. The zero-order valence-electron chi connectivity index (χ0n) is 23.6. The summed E-state index contributed by atoms with van der Waals surface area (Å²) in [6, 6.07) is 19.9. The quantitative estimate of drug-likeness (QED) is 0.321. The van der Waals surface area contributed by atoms with E-state index < -0.39 is 34.3 Å². The molecule has 1 aliphatic carbocycles. The van der Waals surface area contributed by atoms with E-state index in [0.29, 0.717) is 6.42 Å². The number of rotatable bonds is 11. The van der Waals surface area contributed by atoms with Gasteiger partial charge in [-0.15, -0.1) is 0 Å². The van der Waals surface area contributed by atoms with Crippen molar-refractivity contribution in [1.29, 1.82) is 0 Å². The van der Waals surface area contributed by atoms with Gasteiger partial charge >= 0.3 is 0 Å². The Morgan fingerprint density at radius 2 is 1.63 bits per heavy atom. The van der Waals surface area contributed by atoms with Crippen LogP contribution in [0.1, 0.15) is 56.6 Å². The van der Waals surface area contributed by atoms with Crippen molar-refractivity contribution in [3.63, 3.8) is 0 Å². The molecule has 0 unspecified atom stereocenters. The van der Waals surface area contributed by atoms with Crippen molar-refractivity contribution in [2.75, 3.05) is 10.8 Å². The van der Waals surface area contributed by atoms with Gasteiger partial charge in [0.2, 0.25) is 11.8 Å². The molecule has 4 rings (SSSR count). The first-order valence-corrected chi connectivity index (χ1v) is 15.6. The van der Waals surface area contributed by atoms with E-state index in [1.165, 1.54) is 35.2 Å². The number of carbonyl (C=O) groups is 2. The molecule has 0 heterocycles. The van der Waals surface area contributed by atoms with Gasteiger partial charge in [0.25, 0.3) is 10.0 Å². The minimum Gasteiger partial charge on any atom is -0.352 e. The van der Waals surface area contributed by atoms with Gasteiger partial charge in [0.1, 0.15) is 18.4 Å². The van der Waals surface area contributed by atoms with Crippen molar-refractivity contribution < 1.29 is 22.4 Å². The van der Waals surface area contributed by atoms with Gasteiger partial charge in [-0.05, 0) is 56.0 Å². The summed E-state index contributed by atoms with van der Waals surface area (Å²) in [6.45, 7) is 3.21. The molecule has 1 atom stereocenters. The van der Waals surface area contributed by atoms with Crippen LogP contribution < -0.4 is 9.62 Å². The first-order chi connectivity index (χ1) is 19.7. The number of nitrogens with zero attached hydrogens (tertiary/aromatic N) is 2. The molecular formula is C32H38FN3O4S. The van der Waals surface area contributed by atoms with Crippen molar-refractivity contribution in [3.05, 3.63) is 95.8 Å². The number of aryl methyl sites for hydroxylation is 1. The maximum atomic E-state index is 15.0. The first-order valence-electron chi connectivity index (χ1n) is 14.2. The fourth-order valence-electron chi connectivity index (χ4n) is 5.36. The summed E-state index contributed by atoms with van der Waals surface area (Å²) in [7, 11) is -4.31. The Kier molecular flexibility index (Phi) is 10.2. The predicted molar refractivity (Wildman–Crippen MR) is 158 cm³/mol. The molecule has 7 nitrogen and oxygen atoms in total. The van der Waals surface area contributed by atoms with E-state index >= 15 is 4.39 Å². The maximum absolute atomic E-state index is 15.0. The van der Waals surface area contributed by atoms with E-state index in [0.717, 1.165) is 53.6 Å². The summed E-state index contributed by atoms with van der Waals surface area (Å²) in [5, 5.41) is 3.13. The molecule has 0 aromatic heterocycles. The second-order valence-corrected chi connectivity index (χ2v) is 12.4. The molecule has 1 N–H and O–H groups in total. The van der Waals surface area contributed by atoms with Crippen molar-refractivity contribution in [3.8, 4) is 0 Å². The minimum atomic E-state index is -4.31. The highest BCUT2D eigenvalue weighted by atomic mass is 32.2. The third kappa shape index (κ3) is 7.52. The number of amides is 2. The molecule has 1 aliphatic rings. The normalized spacial score (nSPS) is 14.7. The Bertz CT molecular complexity index is 1440. The number of hydrogen-bond acceptors (Lipinski definition) is 4. The molecule has 3 aromatic carbocycles. The Balaban J connectivity index is 1.71. The molecule has 0 aliphatic heterocycles. The second-order valence-electron chi connectivity index (χ2n) is 10.6. The number of sulfonamides is 1. The fraction of sp³-hybridized carbons (Fsp3) is 0.375. The Hall–Kier alpha value is -3.72. The highest BCUT2D eigenvalue weighted by Crippen LogP contribution is 2.27. The lowest BCUT2D eigenvalue weighted by molar-refractivity contribution is -0.140. The van der Waals surface area contributed by atoms with Crippen molar-refractivity contribution in [1.82, 2.24) is 10.2 Å². The van der Waals surface area contributed by atoms with Crippen LogP contribution in [0.25, 0.3) is 0 Å². The largest absolute Gasteiger partial charge is 0.352 e.